The smallest absolute Gasteiger partial charge is 0.374 e. The van der Waals surface area contributed by atoms with Gasteiger partial charge in [-0.05, 0) is 31.5 Å². The van der Waals surface area contributed by atoms with Crippen molar-refractivity contribution in [3.8, 4) is 0 Å². The summed E-state index contributed by atoms with van der Waals surface area (Å²) in [6.45, 7) is 0.388. The molecule has 3 N–H and O–H groups in total. The Kier molecular flexibility index (Phi) is 10.4. The van der Waals surface area contributed by atoms with Crippen LogP contribution in [0.5, 0.6) is 0 Å². The van der Waals surface area contributed by atoms with Crippen LogP contribution in [0.15, 0.2) is 54.7 Å². The predicted octanol–water partition coefficient (Wildman–Crippen LogP) is 1.89. The molecule has 0 bridgehead atoms. The summed E-state index contributed by atoms with van der Waals surface area (Å²) in [4.78, 5) is 60.0. The number of benzene rings is 1. The van der Waals surface area contributed by atoms with Gasteiger partial charge in [0, 0.05) is 31.4 Å². The minimum absolute atomic E-state index is 0. The van der Waals surface area contributed by atoms with Crippen LogP contribution in [0.3, 0.4) is 0 Å². The van der Waals surface area contributed by atoms with Crippen LogP contribution in [-0.2, 0) is 32.1 Å². The van der Waals surface area contributed by atoms with Crippen molar-refractivity contribution in [1.29, 1.82) is 0 Å². The lowest BCUT2D eigenvalue weighted by Gasteiger charge is -2.45. The average molecular weight is 627 g/mol. The maximum atomic E-state index is 13.9. The molecular weight excluding hydrogens is 593 g/mol. The Morgan fingerprint density at radius 2 is 1.77 bits per heavy atom. The van der Waals surface area contributed by atoms with E-state index in [1.807, 2.05) is 30.3 Å². The van der Waals surface area contributed by atoms with Crippen LogP contribution in [0.25, 0.3) is 0 Å². The molecule has 1 aromatic heterocycles. The zero-order valence-corrected chi connectivity index (χ0v) is 24.5. The van der Waals surface area contributed by atoms with E-state index in [0.717, 1.165) is 10.5 Å². The molecule has 2 aliphatic heterocycles. The highest BCUT2D eigenvalue weighted by Gasteiger charge is 2.61. The molecule has 15 heteroatoms. The molecule has 0 radical (unpaired) electrons. The minimum Gasteiger partial charge on any atom is -0.374 e. The first kappa shape index (κ1) is 33.7. The minimum atomic E-state index is -4.82. The van der Waals surface area contributed by atoms with Crippen molar-refractivity contribution < 1.29 is 37.1 Å². The molecule has 2 aromatic rings. The number of nitrogens with zero attached hydrogens (tertiary/aromatic N) is 4. The maximum Gasteiger partial charge on any atom is 0.406 e. The number of pyridine rings is 1. The molecular formula is C28H34ClF3N6O5. The van der Waals surface area contributed by atoms with E-state index in [1.165, 1.54) is 24.9 Å². The highest BCUT2D eigenvalue weighted by molar-refractivity contribution is 6.08. The Hall–Kier alpha value is -3.75. The number of carbonyl (C=O) groups is 4. The van der Waals surface area contributed by atoms with Crippen LogP contribution < -0.4 is 11.1 Å². The van der Waals surface area contributed by atoms with Crippen LogP contribution >= 0.6 is 12.4 Å². The third-order valence-corrected chi connectivity index (χ3v) is 7.10. The standard InChI is InChI=1S/C28H33F3N6O5.ClH/c1-26(2,32)23(39)34-21(16-42-15-19-8-4-3-5-9-19)22(38)35-12-13-37-25(41)36(18-28(29,30)31)24(40)27(37,17-35)14-20-10-6-7-11-33-20;/h3-11,21H,12-18,32H2,1-2H3,(H,34,39);1H/t21-,27+;/m1./s1. The van der Waals surface area contributed by atoms with E-state index in [1.54, 1.807) is 18.2 Å². The first-order valence-corrected chi connectivity index (χ1v) is 13.3. The molecule has 4 rings (SSSR count). The molecule has 5 amide bonds. The van der Waals surface area contributed by atoms with Gasteiger partial charge in [0.15, 0.2) is 0 Å². The number of halogens is 4. The quantitative estimate of drug-likeness (QED) is 0.384. The highest BCUT2D eigenvalue weighted by Crippen LogP contribution is 2.36. The van der Waals surface area contributed by atoms with Gasteiger partial charge in [0.25, 0.3) is 5.91 Å². The number of urea groups is 1. The lowest BCUT2D eigenvalue weighted by atomic mass is 9.88. The predicted molar refractivity (Wildman–Crippen MR) is 151 cm³/mol. The zero-order valence-electron chi connectivity index (χ0n) is 23.7. The summed E-state index contributed by atoms with van der Waals surface area (Å²) in [6, 6.07) is 11.7. The lowest BCUT2D eigenvalue weighted by molar-refractivity contribution is -0.157. The Morgan fingerprint density at radius 3 is 2.37 bits per heavy atom. The summed E-state index contributed by atoms with van der Waals surface area (Å²) >= 11 is 0. The van der Waals surface area contributed by atoms with Gasteiger partial charge in [0.2, 0.25) is 11.8 Å². The van der Waals surface area contributed by atoms with E-state index in [-0.39, 0.29) is 50.0 Å². The van der Waals surface area contributed by atoms with Crippen molar-refractivity contribution in [3.63, 3.8) is 0 Å². The number of piperazine rings is 1. The monoisotopic (exact) mass is 626 g/mol. The number of carbonyl (C=O) groups excluding carboxylic acids is 4. The number of nitrogens with two attached hydrogens (primary N) is 1. The number of alkyl halides is 3. The summed E-state index contributed by atoms with van der Waals surface area (Å²) in [5.74, 6) is -2.33. The highest BCUT2D eigenvalue weighted by atomic mass is 35.5. The Bertz CT molecular complexity index is 1310. The van der Waals surface area contributed by atoms with Gasteiger partial charge < -0.3 is 25.6 Å². The van der Waals surface area contributed by atoms with Crippen molar-refractivity contribution in [2.75, 3.05) is 32.8 Å². The van der Waals surface area contributed by atoms with Gasteiger partial charge in [-0.15, -0.1) is 12.4 Å². The van der Waals surface area contributed by atoms with Crippen molar-refractivity contribution in [3.05, 3.63) is 66.0 Å². The third kappa shape index (κ3) is 7.80. The molecule has 0 aliphatic carbocycles. The second-order valence-electron chi connectivity index (χ2n) is 11.0. The van der Waals surface area contributed by atoms with Gasteiger partial charge in [0.05, 0.1) is 25.3 Å². The SMILES string of the molecule is CC(C)(N)C(=O)N[C@H](COCc1ccccc1)C(=O)N1CCN2C(=O)N(CC(F)(F)F)C(=O)[C@]2(Cc2ccccn2)C1.Cl. The molecule has 0 saturated carbocycles. The summed E-state index contributed by atoms with van der Waals surface area (Å²) in [6.07, 6.45) is -3.57. The number of imide groups is 1. The number of amides is 5. The van der Waals surface area contributed by atoms with Crippen molar-refractivity contribution >= 4 is 36.2 Å². The molecule has 3 heterocycles. The fraction of sp³-hybridized carbons (Fsp3) is 0.464. The van der Waals surface area contributed by atoms with E-state index < -0.39 is 60.1 Å². The third-order valence-electron chi connectivity index (χ3n) is 7.10. The fourth-order valence-corrected chi connectivity index (χ4v) is 5.00. The topological polar surface area (TPSA) is 138 Å². The molecule has 2 saturated heterocycles. The molecule has 2 aliphatic rings. The second-order valence-corrected chi connectivity index (χ2v) is 11.0. The van der Waals surface area contributed by atoms with Gasteiger partial charge in [-0.2, -0.15) is 13.2 Å². The zero-order chi connectivity index (χ0) is 30.7. The van der Waals surface area contributed by atoms with Gasteiger partial charge in [-0.1, -0.05) is 36.4 Å². The molecule has 11 nitrogen and oxygen atoms in total. The van der Waals surface area contributed by atoms with E-state index >= 15 is 0 Å². The summed E-state index contributed by atoms with van der Waals surface area (Å²) in [5.41, 5.74) is 3.96. The number of ether oxygens (including phenoxy) is 1. The van der Waals surface area contributed by atoms with Crippen LogP contribution in [0, 0.1) is 0 Å². The Morgan fingerprint density at radius 1 is 1.09 bits per heavy atom. The number of aromatic nitrogens is 1. The fourth-order valence-electron chi connectivity index (χ4n) is 5.00. The van der Waals surface area contributed by atoms with Gasteiger partial charge >= 0.3 is 12.2 Å². The average Bonchev–Trinajstić information content (AvgIpc) is 3.12. The Labute approximate surface area is 252 Å². The molecule has 43 heavy (non-hydrogen) atoms. The van der Waals surface area contributed by atoms with E-state index in [0.29, 0.717) is 5.69 Å². The summed E-state index contributed by atoms with van der Waals surface area (Å²) in [7, 11) is 0. The van der Waals surface area contributed by atoms with Crippen LogP contribution in [0.4, 0.5) is 18.0 Å². The molecule has 234 valence electrons. The summed E-state index contributed by atoms with van der Waals surface area (Å²) in [5, 5.41) is 2.60. The van der Waals surface area contributed by atoms with E-state index in [2.05, 4.69) is 10.3 Å². The van der Waals surface area contributed by atoms with E-state index in [9.17, 15) is 32.3 Å². The largest absolute Gasteiger partial charge is 0.406 e. The summed E-state index contributed by atoms with van der Waals surface area (Å²) < 4.78 is 45.8. The van der Waals surface area contributed by atoms with Crippen molar-refractivity contribution in [1.82, 2.24) is 25.0 Å². The van der Waals surface area contributed by atoms with Gasteiger partial charge in [0.1, 0.15) is 18.1 Å². The van der Waals surface area contributed by atoms with Crippen molar-refractivity contribution in [2.24, 2.45) is 5.73 Å². The Balaban J connectivity index is 0.00000506. The molecule has 2 atom stereocenters. The lowest BCUT2D eigenvalue weighted by Crippen LogP contribution is -2.67. The first-order valence-electron chi connectivity index (χ1n) is 13.3. The number of rotatable bonds is 10. The molecule has 0 spiro atoms. The molecule has 2 fully saturated rings. The van der Waals surface area contributed by atoms with Crippen molar-refractivity contribution in [2.45, 2.75) is 50.2 Å². The van der Waals surface area contributed by atoms with Crippen LogP contribution in [0.1, 0.15) is 25.1 Å². The number of nitrogens with one attached hydrogen (secondary N) is 1. The normalized spacial score (nSPS) is 19.5. The number of fused-ring (bicyclic) bond motifs is 1. The molecule has 1 aromatic carbocycles. The number of hydrogen-bond acceptors (Lipinski definition) is 7. The maximum absolute atomic E-state index is 13.9. The van der Waals surface area contributed by atoms with Gasteiger partial charge in [-0.3, -0.25) is 24.3 Å². The first-order chi connectivity index (χ1) is 19.7. The van der Waals surface area contributed by atoms with Gasteiger partial charge in [-0.25, -0.2) is 4.79 Å². The number of hydrogen-bond donors (Lipinski definition) is 2. The van der Waals surface area contributed by atoms with Crippen LogP contribution in [0.2, 0.25) is 0 Å². The second kappa shape index (κ2) is 13.3. The molecule has 0 unspecified atom stereocenters. The van der Waals surface area contributed by atoms with E-state index in [4.69, 9.17) is 10.5 Å². The van der Waals surface area contributed by atoms with Crippen LogP contribution in [-0.4, -0.2) is 99.5 Å².